The molecule has 0 aromatic heterocycles. The first-order chi connectivity index (χ1) is 18.2. The molecule has 0 radical (unpaired) electrons. The smallest absolute Gasteiger partial charge is 0.336 e. The number of carboxylic acid groups (broad SMARTS) is 1. The minimum absolute atomic E-state index is 0.200. The van der Waals surface area contributed by atoms with Gasteiger partial charge in [-0.15, -0.1) is 0 Å². The van der Waals surface area contributed by atoms with Crippen molar-refractivity contribution in [3.8, 4) is 22.6 Å². The molecule has 5 nitrogen and oxygen atoms in total. The summed E-state index contributed by atoms with van der Waals surface area (Å²) in [7, 11) is 1.61. The lowest BCUT2D eigenvalue weighted by atomic mass is 9.89. The van der Waals surface area contributed by atoms with Gasteiger partial charge in [0.15, 0.2) is 0 Å². The molecule has 0 aliphatic carbocycles. The number of rotatable bonds is 14. The van der Waals surface area contributed by atoms with Gasteiger partial charge in [-0.25, -0.2) is 4.79 Å². The van der Waals surface area contributed by atoms with Crippen LogP contribution in [0.5, 0.6) is 11.5 Å². The number of carboxylic acids is 1. The fourth-order valence-electron chi connectivity index (χ4n) is 5.04. The van der Waals surface area contributed by atoms with Gasteiger partial charge in [-0.3, -0.25) is 0 Å². The highest BCUT2D eigenvalue weighted by atomic mass is 16.5. The van der Waals surface area contributed by atoms with Gasteiger partial charge in [-0.2, -0.15) is 0 Å². The van der Waals surface area contributed by atoms with Crippen molar-refractivity contribution in [3.63, 3.8) is 0 Å². The number of fused-ring (bicyclic) bond motifs is 2. The lowest BCUT2D eigenvalue weighted by molar-refractivity contribution is 0.0697. The Labute approximate surface area is 218 Å². The van der Waals surface area contributed by atoms with Crippen molar-refractivity contribution in [1.29, 1.82) is 0 Å². The number of benzene rings is 4. The molecule has 0 amide bonds. The van der Waals surface area contributed by atoms with E-state index in [1.807, 2.05) is 60.7 Å². The van der Waals surface area contributed by atoms with Gasteiger partial charge in [0.25, 0.3) is 0 Å². The zero-order valence-electron chi connectivity index (χ0n) is 21.5. The monoisotopic (exact) mass is 500 g/mol. The normalized spacial score (nSPS) is 11.2. The van der Waals surface area contributed by atoms with Gasteiger partial charge in [0, 0.05) is 23.1 Å². The third-order valence-corrected chi connectivity index (χ3v) is 6.91. The van der Waals surface area contributed by atoms with Gasteiger partial charge in [-0.05, 0) is 41.1 Å². The summed E-state index contributed by atoms with van der Waals surface area (Å²) >= 11 is 0. The van der Waals surface area contributed by atoms with E-state index in [4.69, 9.17) is 14.6 Å². The number of hydrogen-bond donors (Lipinski definition) is 2. The van der Waals surface area contributed by atoms with Gasteiger partial charge in [0.2, 0.25) is 0 Å². The highest BCUT2D eigenvalue weighted by Crippen LogP contribution is 2.44. The highest BCUT2D eigenvalue weighted by Gasteiger charge is 2.23. The third kappa shape index (κ3) is 6.23. The Kier molecular flexibility index (Phi) is 9.39. The Morgan fingerprint density at radius 1 is 0.703 bits per heavy atom. The summed E-state index contributed by atoms with van der Waals surface area (Å²) in [6.45, 7) is 0.830. The first-order valence-electron chi connectivity index (χ1n) is 13.2. The SMILES string of the molecule is COc1ccc2ccccc2c1-c1c(C(=O)O)cc(OCCCCCCCCCCO)c2ccccc12. The molecule has 5 heteroatoms. The van der Waals surface area contributed by atoms with E-state index in [9.17, 15) is 9.90 Å². The van der Waals surface area contributed by atoms with Crippen molar-refractivity contribution in [2.24, 2.45) is 0 Å². The average Bonchev–Trinajstić information content (AvgIpc) is 2.93. The Balaban J connectivity index is 1.61. The molecule has 37 heavy (non-hydrogen) atoms. The summed E-state index contributed by atoms with van der Waals surface area (Å²) in [6, 6.07) is 21.4. The number of methoxy groups -OCH3 is 1. The van der Waals surface area contributed by atoms with E-state index < -0.39 is 5.97 Å². The van der Waals surface area contributed by atoms with E-state index in [2.05, 4.69) is 0 Å². The molecule has 0 bridgehead atoms. The van der Waals surface area contributed by atoms with Gasteiger partial charge in [0.1, 0.15) is 11.5 Å². The number of aliphatic hydroxyl groups is 1. The molecular formula is C32H36O5. The molecular weight excluding hydrogens is 464 g/mol. The fraction of sp³-hybridized carbons (Fsp3) is 0.344. The van der Waals surface area contributed by atoms with E-state index in [1.54, 1.807) is 13.2 Å². The van der Waals surface area contributed by atoms with Gasteiger partial charge < -0.3 is 19.7 Å². The van der Waals surface area contributed by atoms with Crippen molar-refractivity contribution in [2.75, 3.05) is 20.3 Å². The summed E-state index contributed by atoms with van der Waals surface area (Å²) in [5.41, 5.74) is 1.62. The summed E-state index contributed by atoms with van der Waals surface area (Å²) in [4.78, 5) is 12.6. The summed E-state index contributed by atoms with van der Waals surface area (Å²) in [5, 5.41) is 22.8. The van der Waals surface area contributed by atoms with Gasteiger partial charge in [-0.1, -0.05) is 93.1 Å². The summed E-state index contributed by atoms with van der Waals surface area (Å²) in [6.07, 6.45) is 8.72. The quantitative estimate of drug-likeness (QED) is 0.172. The minimum atomic E-state index is -0.998. The first kappa shape index (κ1) is 26.5. The minimum Gasteiger partial charge on any atom is -0.496 e. The molecule has 194 valence electrons. The van der Waals surface area contributed by atoms with Crippen molar-refractivity contribution >= 4 is 27.5 Å². The van der Waals surface area contributed by atoms with Crippen LogP contribution < -0.4 is 9.47 Å². The molecule has 0 saturated carbocycles. The highest BCUT2D eigenvalue weighted by molar-refractivity contribution is 6.15. The number of aliphatic hydroxyl groups excluding tert-OH is 1. The Bertz CT molecular complexity index is 1340. The van der Waals surface area contributed by atoms with Crippen LogP contribution in [-0.2, 0) is 0 Å². The number of aromatic carboxylic acids is 1. The predicted molar refractivity (Wildman–Crippen MR) is 150 cm³/mol. The molecule has 4 rings (SSSR count). The largest absolute Gasteiger partial charge is 0.496 e. The number of carbonyl (C=O) groups is 1. The van der Waals surface area contributed by atoms with Gasteiger partial charge >= 0.3 is 5.97 Å². The predicted octanol–water partition coefficient (Wildman–Crippen LogP) is 7.86. The zero-order chi connectivity index (χ0) is 26.0. The van der Waals surface area contributed by atoms with Crippen LogP contribution in [0, 0.1) is 0 Å². The maximum absolute atomic E-state index is 12.6. The van der Waals surface area contributed by atoms with E-state index in [0.717, 1.165) is 59.2 Å². The average molecular weight is 501 g/mol. The van der Waals surface area contributed by atoms with Crippen molar-refractivity contribution in [3.05, 3.63) is 72.3 Å². The van der Waals surface area contributed by atoms with Crippen LogP contribution in [0.25, 0.3) is 32.7 Å². The Hall–Kier alpha value is -3.57. The molecule has 0 fully saturated rings. The van der Waals surface area contributed by atoms with Crippen LogP contribution >= 0.6 is 0 Å². The van der Waals surface area contributed by atoms with Crippen LogP contribution in [0.15, 0.2) is 66.7 Å². The molecule has 4 aromatic carbocycles. The number of hydrogen-bond acceptors (Lipinski definition) is 4. The van der Waals surface area contributed by atoms with Crippen LogP contribution in [0.1, 0.15) is 61.7 Å². The fourth-order valence-corrected chi connectivity index (χ4v) is 5.04. The first-order valence-corrected chi connectivity index (χ1v) is 13.2. The topological polar surface area (TPSA) is 76.0 Å². The zero-order valence-corrected chi connectivity index (χ0v) is 21.5. The van der Waals surface area contributed by atoms with E-state index in [1.165, 1.54) is 19.3 Å². The van der Waals surface area contributed by atoms with Gasteiger partial charge in [0.05, 0.1) is 19.3 Å². The van der Waals surface area contributed by atoms with Crippen LogP contribution in [0.4, 0.5) is 0 Å². The number of unbranched alkanes of at least 4 members (excludes halogenated alkanes) is 7. The molecule has 0 spiro atoms. The maximum atomic E-state index is 12.6. The van der Waals surface area contributed by atoms with E-state index >= 15 is 0 Å². The summed E-state index contributed by atoms with van der Waals surface area (Å²) in [5.74, 6) is 0.234. The molecule has 0 unspecified atom stereocenters. The second kappa shape index (κ2) is 13.1. The second-order valence-electron chi connectivity index (χ2n) is 9.41. The van der Waals surface area contributed by atoms with E-state index in [0.29, 0.717) is 23.7 Å². The van der Waals surface area contributed by atoms with Crippen LogP contribution in [0.3, 0.4) is 0 Å². The number of ether oxygens (including phenoxy) is 2. The van der Waals surface area contributed by atoms with Crippen LogP contribution in [-0.4, -0.2) is 36.5 Å². The Morgan fingerprint density at radius 2 is 1.32 bits per heavy atom. The van der Waals surface area contributed by atoms with Crippen LogP contribution in [0.2, 0.25) is 0 Å². The molecule has 0 saturated heterocycles. The third-order valence-electron chi connectivity index (χ3n) is 6.91. The molecule has 0 aliphatic rings. The van der Waals surface area contributed by atoms with Crippen molar-refractivity contribution in [2.45, 2.75) is 51.4 Å². The van der Waals surface area contributed by atoms with Crippen molar-refractivity contribution < 1.29 is 24.5 Å². The lowest BCUT2D eigenvalue weighted by Gasteiger charge is -2.19. The Morgan fingerprint density at radius 3 is 2.00 bits per heavy atom. The molecule has 0 atom stereocenters. The molecule has 4 aromatic rings. The second-order valence-corrected chi connectivity index (χ2v) is 9.41. The standard InChI is InChI=1S/C32H36O5/c1-36-28-19-18-23-14-8-9-15-24(23)31(28)30-26-17-11-10-16-25(26)29(22-27(30)32(34)35)37-21-13-7-5-3-2-4-6-12-20-33/h8-11,14-19,22,33H,2-7,12-13,20-21H2,1H3,(H,34,35). The lowest BCUT2D eigenvalue weighted by Crippen LogP contribution is -2.05. The summed E-state index contributed by atoms with van der Waals surface area (Å²) < 4.78 is 11.9. The molecule has 0 heterocycles. The maximum Gasteiger partial charge on any atom is 0.336 e. The molecule has 0 aliphatic heterocycles. The van der Waals surface area contributed by atoms with Crippen molar-refractivity contribution in [1.82, 2.24) is 0 Å². The van der Waals surface area contributed by atoms with E-state index in [-0.39, 0.29) is 12.2 Å². The molecule has 2 N–H and O–H groups in total.